The predicted octanol–water partition coefficient (Wildman–Crippen LogP) is 4.84. The normalized spacial score (nSPS) is 11.8. The molecule has 3 rings (SSSR count). The summed E-state index contributed by atoms with van der Waals surface area (Å²) in [5, 5.41) is -0.502. The first kappa shape index (κ1) is 18.3. The van der Waals surface area contributed by atoms with Crippen LogP contribution < -0.4 is 5.56 Å². The predicted molar refractivity (Wildman–Crippen MR) is 91.2 cm³/mol. The van der Waals surface area contributed by atoms with Gasteiger partial charge < -0.3 is 8.98 Å². The Morgan fingerprint density at radius 2 is 1.96 bits per heavy atom. The number of aromatic nitrogens is 2. The number of nitrogens with zero attached hydrogens (tertiary/aromatic N) is 2. The van der Waals surface area contributed by atoms with Gasteiger partial charge in [0.15, 0.2) is 0 Å². The highest BCUT2D eigenvalue weighted by Gasteiger charge is 2.32. The average molecular weight is 383 g/mol. The summed E-state index contributed by atoms with van der Waals surface area (Å²) >= 11 is 5.65. The molecule has 0 spiro atoms. The molecule has 0 saturated heterocycles. The Hall–Kier alpha value is -2.54. The van der Waals surface area contributed by atoms with Crippen LogP contribution >= 0.6 is 11.6 Å². The lowest BCUT2D eigenvalue weighted by molar-refractivity contribution is -0.138. The van der Waals surface area contributed by atoms with Crippen molar-refractivity contribution >= 4 is 11.6 Å². The van der Waals surface area contributed by atoms with Gasteiger partial charge in [0.1, 0.15) is 11.3 Å². The number of pyridine rings is 1. The molecule has 136 valence electrons. The summed E-state index contributed by atoms with van der Waals surface area (Å²) in [6.45, 7) is 3.68. The van der Waals surface area contributed by atoms with Gasteiger partial charge in [-0.3, -0.25) is 4.79 Å². The smallest absolute Gasteiger partial charge is 0.417 e. The molecule has 0 unspecified atom stereocenters. The minimum Gasteiger partial charge on any atom is -0.444 e. The molecule has 0 radical (unpaired) electrons. The third kappa shape index (κ3) is 3.67. The minimum atomic E-state index is -4.60. The highest BCUT2D eigenvalue weighted by Crippen LogP contribution is 2.30. The van der Waals surface area contributed by atoms with E-state index in [9.17, 15) is 18.0 Å². The molecule has 0 N–H and O–H groups in total. The van der Waals surface area contributed by atoms with E-state index in [1.54, 1.807) is 0 Å². The van der Waals surface area contributed by atoms with Crippen molar-refractivity contribution in [3.05, 3.63) is 74.5 Å². The Morgan fingerprint density at radius 1 is 1.23 bits per heavy atom. The van der Waals surface area contributed by atoms with Crippen LogP contribution in [0.5, 0.6) is 0 Å². The van der Waals surface area contributed by atoms with Crippen LogP contribution in [0, 0.1) is 13.8 Å². The third-order valence-electron chi connectivity index (χ3n) is 3.87. The van der Waals surface area contributed by atoms with Crippen molar-refractivity contribution in [2.24, 2.45) is 0 Å². The molecule has 2 heterocycles. The van der Waals surface area contributed by atoms with Crippen LogP contribution in [0.3, 0.4) is 0 Å². The van der Waals surface area contributed by atoms with Gasteiger partial charge >= 0.3 is 6.18 Å². The SMILES string of the molecule is Cc1ccc(-c2nc(Cn3cc(C(F)(F)F)cc(Cl)c3=O)co2)c(C)c1. The van der Waals surface area contributed by atoms with Crippen molar-refractivity contribution in [2.45, 2.75) is 26.6 Å². The Bertz CT molecular complexity index is 1020. The summed E-state index contributed by atoms with van der Waals surface area (Å²) in [6, 6.07) is 6.34. The summed E-state index contributed by atoms with van der Waals surface area (Å²) < 4.78 is 45.0. The monoisotopic (exact) mass is 382 g/mol. The van der Waals surface area contributed by atoms with E-state index in [0.717, 1.165) is 27.5 Å². The molecule has 0 aliphatic carbocycles. The summed E-state index contributed by atoms with van der Waals surface area (Å²) in [5.41, 5.74) is 1.41. The van der Waals surface area contributed by atoms with E-state index in [0.29, 0.717) is 17.7 Å². The van der Waals surface area contributed by atoms with Crippen LogP contribution in [-0.2, 0) is 12.7 Å². The third-order valence-corrected chi connectivity index (χ3v) is 4.14. The fraction of sp³-hybridized carbons (Fsp3) is 0.222. The molecular weight excluding hydrogens is 369 g/mol. The number of alkyl halides is 3. The molecule has 0 bridgehead atoms. The fourth-order valence-electron chi connectivity index (χ4n) is 2.60. The van der Waals surface area contributed by atoms with E-state index in [4.69, 9.17) is 16.0 Å². The molecule has 0 saturated carbocycles. The largest absolute Gasteiger partial charge is 0.444 e. The Labute approximate surface area is 151 Å². The van der Waals surface area contributed by atoms with Crippen LogP contribution in [-0.4, -0.2) is 9.55 Å². The molecule has 26 heavy (non-hydrogen) atoms. The number of benzene rings is 1. The standard InChI is InChI=1S/C18H14ClF3N2O2/c1-10-3-4-14(11(2)5-10)16-23-13(9-26-16)8-24-7-12(18(20,21)22)6-15(19)17(24)25/h3-7,9H,8H2,1-2H3. The summed E-state index contributed by atoms with van der Waals surface area (Å²) in [7, 11) is 0. The second kappa shape index (κ2) is 6.64. The lowest BCUT2D eigenvalue weighted by Gasteiger charge is -2.10. The topological polar surface area (TPSA) is 48.0 Å². The van der Waals surface area contributed by atoms with Gasteiger partial charge in [-0.15, -0.1) is 0 Å². The second-order valence-corrected chi connectivity index (χ2v) is 6.38. The maximum Gasteiger partial charge on any atom is 0.417 e. The first-order valence-corrected chi connectivity index (χ1v) is 8.02. The van der Waals surface area contributed by atoms with E-state index in [-0.39, 0.29) is 6.54 Å². The molecule has 2 aromatic heterocycles. The Balaban J connectivity index is 1.95. The number of aryl methyl sites for hydroxylation is 2. The quantitative estimate of drug-likeness (QED) is 0.651. The van der Waals surface area contributed by atoms with E-state index < -0.39 is 22.3 Å². The molecule has 0 aliphatic rings. The van der Waals surface area contributed by atoms with Crippen LogP contribution in [0.2, 0.25) is 5.02 Å². The van der Waals surface area contributed by atoms with Crippen LogP contribution in [0.15, 0.2) is 45.9 Å². The molecule has 3 aromatic rings. The number of hydrogen-bond donors (Lipinski definition) is 0. The molecule has 0 fully saturated rings. The molecule has 4 nitrogen and oxygen atoms in total. The Morgan fingerprint density at radius 3 is 2.62 bits per heavy atom. The molecule has 8 heteroatoms. The summed E-state index contributed by atoms with van der Waals surface area (Å²) in [4.78, 5) is 16.3. The van der Waals surface area contributed by atoms with Crippen LogP contribution in [0.25, 0.3) is 11.5 Å². The van der Waals surface area contributed by atoms with E-state index >= 15 is 0 Å². The molecule has 0 atom stereocenters. The molecular formula is C18H14ClF3N2O2. The first-order valence-electron chi connectivity index (χ1n) is 7.64. The zero-order valence-corrected chi connectivity index (χ0v) is 14.6. The van der Waals surface area contributed by atoms with Gasteiger partial charge in [-0.1, -0.05) is 29.3 Å². The number of hydrogen-bond acceptors (Lipinski definition) is 3. The number of rotatable bonds is 3. The first-order chi connectivity index (χ1) is 12.1. The average Bonchev–Trinajstić information content (AvgIpc) is 2.98. The van der Waals surface area contributed by atoms with Gasteiger partial charge in [0.2, 0.25) is 5.89 Å². The van der Waals surface area contributed by atoms with Crippen molar-refractivity contribution in [2.75, 3.05) is 0 Å². The molecule has 0 aliphatic heterocycles. The number of halogens is 4. The van der Waals surface area contributed by atoms with Gasteiger partial charge in [0.05, 0.1) is 17.8 Å². The second-order valence-electron chi connectivity index (χ2n) is 5.97. The van der Waals surface area contributed by atoms with Gasteiger partial charge in [0, 0.05) is 11.8 Å². The molecule has 0 amide bonds. The molecule has 1 aromatic carbocycles. The van der Waals surface area contributed by atoms with Crippen molar-refractivity contribution in [1.82, 2.24) is 9.55 Å². The zero-order valence-electron chi connectivity index (χ0n) is 13.9. The van der Waals surface area contributed by atoms with Gasteiger partial charge in [0.25, 0.3) is 5.56 Å². The maximum atomic E-state index is 12.9. The maximum absolute atomic E-state index is 12.9. The summed E-state index contributed by atoms with van der Waals surface area (Å²) in [6.07, 6.45) is -2.57. The van der Waals surface area contributed by atoms with Crippen LogP contribution in [0.4, 0.5) is 13.2 Å². The van der Waals surface area contributed by atoms with E-state index in [2.05, 4.69) is 4.98 Å². The van der Waals surface area contributed by atoms with Crippen LogP contribution in [0.1, 0.15) is 22.4 Å². The summed E-state index contributed by atoms with van der Waals surface area (Å²) in [5.74, 6) is 0.337. The van der Waals surface area contributed by atoms with Crippen molar-refractivity contribution < 1.29 is 17.6 Å². The lowest BCUT2D eigenvalue weighted by Crippen LogP contribution is -2.23. The van der Waals surface area contributed by atoms with Gasteiger partial charge in [-0.05, 0) is 31.5 Å². The Kier molecular flexibility index (Phi) is 4.66. The van der Waals surface area contributed by atoms with Crippen molar-refractivity contribution in [1.29, 1.82) is 0 Å². The van der Waals surface area contributed by atoms with E-state index in [1.807, 2.05) is 32.0 Å². The number of oxazole rings is 1. The fourth-order valence-corrected chi connectivity index (χ4v) is 2.83. The highest BCUT2D eigenvalue weighted by atomic mass is 35.5. The lowest BCUT2D eigenvalue weighted by atomic mass is 10.1. The van der Waals surface area contributed by atoms with Gasteiger partial charge in [-0.2, -0.15) is 13.2 Å². The highest BCUT2D eigenvalue weighted by molar-refractivity contribution is 6.30. The minimum absolute atomic E-state index is 0.184. The van der Waals surface area contributed by atoms with E-state index in [1.165, 1.54) is 6.26 Å². The van der Waals surface area contributed by atoms with Crippen molar-refractivity contribution in [3.8, 4) is 11.5 Å². The van der Waals surface area contributed by atoms with Crippen molar-refractivity contribution in [3.63, 3.8) is 0 Å². The zero-order chi connectivity index (χ0) is 19.1. The van der Waals surface area contributed by atoms with Gasteiger partial charge in [-0.25, -0.2) is 4.98 Å².